The van der Waals surface area contributed by atoms with Gasteiger partial charge in [-0.2, -0.15) is 0 Å². The van der Waals surface area contributed by atoms with E-state index in [2.05, 4.69) is 10.1 Å². The number of nitrogens with one attached hydrogen (secondary N) is 1. The number of rotatable bonds is 5. The standard InChI is InChI=1S/C5H12NO5P/c1-11-5(7)4-6-2-3-12(8,9)10/h6H,2-4H2,1H3,(H2,8,9,10). The van der Waals surface area contributed by atoms with Crippen LogP contribution < -0.4 is 5.32 Å². The third kappa shape index (κ3) is 7.68. The van der Waals surface area contributed by atoms with Crippen molar-refractivity contribution >= 4 is 13.6 Å². The van der Waals surface area contributed by atoms with Gasteiger partial charge in [-0.25, -0.2) is 0 Å². The van der Waals surface area contributed by atoms with E-state index in [1.807, 2.05) is 0 Å². The van der Waals surface area contributed by atoms with Crippen molar-refractivity contribution in [3.05, 3.63) is 0 Å². The Bertz CT molecular complexity index is 188. The quantitative estimate of drug-likeness (QED) is 0.295. The maximum absolute atomic E-state index is 10.5. The largest absolute Gasteiger partial charge is 0.468 e. The average molecular weight is 197 g/mol. The van der Waals surface area contributed by atoms with Crippen molar-refractivity contribution < 1.29 is 23.9 Å². The van der Waals surface area contributed by atoms with Gasteiger partial charge in [-0.1, -0.05) is 0 Å². The minimum atomic E-state index is -3.95. The minimum Gasteiger partial charge on any atom is -0.468 e. The summed E-state index contributed by atoms with van der Waals surface area (Å²) in [5.74, 6) is -0.458. The second-order valence-corrected chi connectivity index (χ2v) is 3.92. The topological polar surface area (TPSA) is 95.9 Å². The Labute approximate surface area is 70.1 Å². The Hall–Kier alpha value is -0.420. The fourth-order valence-electron chi connectivity index (χ4n) is 0.487. The third-order valence-corrected chi connectivity index (χ3v) is 1.88. The summed E-state index contributed by atoms with van der Waals surface area (Å²) in [5.41, 5.74) is 0. The maximum atomic E-state index is 10.5. The van der Waals surface area contributed by atoms with Gasteiger partial charge in [0.05, 0.1) is 19.8 Å². The van der Waals surface area contributed by atoms with E-state index in [0.717, 1.165) is 0 Å². The maximum Gasteiger partial charge on any atom is 0.326 e. The van der Waals surface area contributed by atoms with Crippen molar-refractivity contribution in [2.24, 2.45) is 0 Å². The highest BCUT2D eigenvalue weighted by Crippen LogP contribution is 2.32. The summed E-state index contributed by atoms with van der Waals surface area (Å²) in [5, 5.41) is 2.53. The van der Waals surface area contributed by atoms with Crippen LogP contribution in [0, 0.1) is 0 Å². The fourth-order valence-corrected chi connectivity index (χ4v) is 0.937. The number of carbonyl (C=O) groups excluding carboxylic acids is 1. The van der Waals surface area contributed by atoms with Crippen LogP contribution in [0.25, 0.3) is 0 Å². The van der Waals surface area contributed by atoms with E-state index in [0.29, 0.717) is 0 Å². The van der Waals surface area contributed by atoms with Gasteiger partial charge in [0.15, 0.2) is 0 Å². The Kier molecular flexibility index (Phi) is 5.08. The van der Waals surface area contributed by atoms with Gasteiger partial charge < -0.3 is 19.8 Å². The zero-order valence-electron chi connectivity index (χ0n) is 6.69. The Morgan fingerprint density at radius 2 is 2.17 bits per heavy atom. The van der Waals surface area contributed by atoms with Crippen LogP contribution in [0.3, 0.4) is 0 Å². The lowest BCUT2D eigenvalue weighted by Crippen LogP contribution is -2.26. The molecule has 0 aliphatic heterocycles. The summed E-state index contributed by atoms with van der Waals surface area (Å²) in [6, 6.07) is 0. The van der Waals surface area contributed by atoms with Crippen LogP contribution in [0.5, 0.6) is 0 Å². The zero-order valence-corrected chi connectivity index (χ0v) is 7.58. The van der Waals surface area contributed by atoms with Crippen LogP contribution in [-0.4, -0.2) is 42.1 Å². The summed E-state index contributed by atoms with van der Waals surface area (Å²) in [6.07, 6.45) is -0.274. The molecule has 0 fully saturated rings. The fraction of sp³-hybridized carbons (Fsp3) is 0.800. The predicted molar refractivity (Wildman–Crippen MR) is 41.8 cm³/mol. The number of hydrogen-bond acceptors (Lipinski definition) is 4. The Morgan fingerprint density at radius 1 is 1.58 bits per heavy atom. The number of hydrogen-bond donors (Lipinski definition) is 3. The van der Waals surface area contributed by atoms with Crippen molar-refractivity contribution in [3.8, 4) is 0 Å². The molecular weight excluding hydrogens is 185 g/mol. The summed E-state index contributed by atoms with van der Waals surface area (Å²) in [7, 11) is -2.71. The monoisotopic (exact) mass is 197 g/mol. The second-order valence-electron chi connectivity index (χ2n) is 2.14. The normalized spacial score (nSPS) is 11.2. The highest BCUT2D eigenvalue weighted by molar-refractivity contribution is 7.51. The van der Waals surface area contributed by atoms with E-state index in [1.54, 1.807) is 0 Å². The van der Waals surface area contributed by atoms with E-state index < -0.39 is 13.6 Å². The van der Waals surface area contributed by atoms with Crippen LogP contribution in [0.1, 0.15) is 0 Å². The van der Waals surface area contributed by atoms with Crippen LogP contribution in [0.15, 0.2) is 0 Å². The Morgan fingerprint density at radius 3 is 2.58 bits per heavy atom. The van der Waals surface area contributed by atoms with E-state index in [1.165, 1.54) is 7.11 Å². The first-order valence-corrected chi connectivity index (χ1v) is 5.07. The molecule has 0 spiro atoms. The molecule has 0 rings (SSSR count). The SMILES string of the molecule is COC(=O)CNCCP(=O)(O)O. The molecule has 0 saturated carbocycles. The zero-order chi connectivity index (χ0) is 9.61. The van der Waals surface area contributed by atoms with E-state index >= 15 is 0 Å². The third-order valence-electron chi connectivity index (χ3n) is 1.08. The van der Waals surface area contributed by atoms with Gasteiger partial charge >= 0.3 is 13.6 Å². The van der Waals surface area contributed by atoms with Crippen LogP contribution in [0.4, 0.5) is 0 Å². The molecule has 0 amide bonds. The predicted octanol–water partition coefficient (Wildman–Crippen LogP) is -1.07. The highest BCUT2D eigenvalue weighted by Gasteiger charge is 2.11. The summed E-state index contributed by atoms with van der Waals surface area (Å²) in [4.78, 5) is 27.2. The molecule has 0 aromatic heterocycles. The number of esters is 1. The molecule has 6 nitrogen and oxygen atoms in total. The molecule has 0 saturated heterocycles. The number of methoxy groups -OCH3 is 1. The molecule has 7 heteroatoms. The van der Waals surface area contributed by atoms with E-state index in [4.69, 9.17) is 9.79 Å². The first kappa shape index (κ1) is 11.6. The highest BCUT2D eigenvalue weighted by atomic mass is 31.2. The molecule has 0 unspecified atom stereocenters. The van der Waals surface area contributed by atoms with Crippen LogP contribution in [0.2, 0.25) is 0 Å². The smallest absolute Gasteiger partial charge is 0.326 e. The first-order chi connectivity index (χ1) is 5.45. The van der Waals surface area contributed by atoms with E-state index in [9.17, 15) is 9.36 Å². The van der Waals surface area contributed by atoms with Gasteiger partial charge in [0, 0.05) is 6.54 Å². The lowest BCUT2D eigenvalue weighted by atomic mass is 10.6. The van der Waals surface area contributed by atoms with Crippen molar-refractivity contribution in [1.82, 2.24) is 5.32 Å². The van der Waals surface area contributed by atoms with Crippen molar-refractivity contribution in [1.29, 1.82) is 0 Å². The van der Waals surface area contributed by atoms with Crippen molar-refractivity contribution in [3.63, 3.8) is 0 Å². The molecule has 0 aromatic carbocycles. The first-order valence-electron chi connectivity index (χ1n) is 3.28. The molecule has 0 radical (unpaired) electrons. The molecule has 0 atom stereocenters. The molecule has 0 bridgehead atoms. The van der Waals surface area contributed by atoms with Crippen LogP contribution in [-0.2, 0) is 14.1 Å². The minimum absolute atomic E-state index is 0.0312. The molecule has 12 heavy (non-hydrogen) atoms. The number of ether oxygens (including phenoxy) is 1. The average Bonchev–Trinajstić information content (AvgIpc) is 1.96. The molecule has 72 valence electrons. The van der Waals surface area contributed by atoms with Crippen molar-refractivity contribution in [2.45, 2.75) is 0 Å². The van der Waals surface area contributed by atoms with Crippen LogP contribution >= 0.6 is 7.60 Å². The van der Waals surface area contributed by atoms with E-state index in [-0.39, 0.29) is 19.3 Å². The van der Waals surface area contributed by atoms with Gasteiger partial charge in [-0.3, -0.25) is 9.36 Å². The summed E-state index contributed by atoms with van der Waals surface area (Å²) < 4.78 is 14.6. The van der Waals surface area contributed by atoms with Gasteiger partial charge in [0.1, 0.15) is 0 Å². The molecule has 0 heterocycles. The molecular formula is C5H12NO5P. The number of carbonyl (C=O) groups is 1. The Balaban J connectivity index is 3.34. The van der Waals surface area contributed by atoms with Gasteiger partial charge in [-0.05, 0) is 0 Å². The second kappa shape index (κ2) is 5.27. The van der Waals surface area contributed by atoms with Crippen molar-refractivity contribution in [2.75, 3.05) is 26.4 Å². The van der Waals surface area contributed by atoms with Gasteiger partial charge in [0.25, 0.3) is 0 Å². The summed E-state index contributed by atoms with van der Waals surface area (Å²) in [6.45, 7) is 0.0654. The molecule has 0 aliphatic rings. The lowest BCUT2D eigenvalue weighted by Gasteiger charge is -2.04. The molecule has 0 aliphatic carbocycles. The molecule has 0 aromatic rings. The van der Waals surface area contributed by atoms with Gasteiger partial charge in [-0.15, -0.1) is 0 Å². The summed E-state index contributed by atoms with van der Waals surface area (Å²) >= 11 is 0. The van der Waals surface area contributed by atoms with Gasteiger partial charge in [0.2, 0.25) is 0 Å². The molecule has 3 N–H and O–H groups in total. The lowest BCUT2D eigenvalue weighted by molar-refractivity contribution is -0.139.